The molecule has 0 fully saturated rings. The van der Waals surface area contributed by atoms with Crippen molar-refractivity contribution in [2.24, 2.45) is 0 Å². The van der Waals surface area contributed by atoms with Gasteiger partial charge >= 0.3 is 0 Å². The zero-order chi connectivity index (χ0) is 17.6. The van der Waals surface area contributed by atoms with E-state index in [4.69, 9.17) is 0 Å². The average Bonchev–Trinajstić information content (AvgIpc) is 2.65. The lowest BCUT2D eigenvalue weighted by atomic mass is 10.2. The molecule has 0 spiro atoms. The number of para-hydroxylation sites is 1. The van der Waals surface area contributed by atoms with Crippen LogP contribution >= 0.6 is 0 Å². The number of aromatic nitrogens is 1. The Kier molecular flexibility index (Phi) is 4.96. The summed E-state index contributed by atoms with van der Waals surface area (Å²) in [4.78, 5) is 18.6. The van der Waals surface area contributed by atoms with Gasteiger partial charge in [0, 0.05) is 30.7 Å². The fraction of sp³-hybridized carbons (Fsp3) is 0.143. The molecule has 0 unspecified atom stereocenters. The number of pyridine rings is 1. The number of anilines is 1. The Bertz CT molecular complexity index is 950. The first-order valence-electron chi connectivity index (χ1n) is 8.04. The van der Waals surface area contributed by atoms with E-state index in [-0.39, 0.29) is 12.5 Å². The molecule has 4 heteroatoms. The fourth-order valence-electron chi connectivity index (χ4n) is 2.40. The number of benzene rings is 2. The number of carbonyl (C=O) groups is 1. The van der Waals surface area contributed by atoms with E-state index in [0.29, 0.717) is 5.69 Å². The standard InChI is InChI=1S/C21H19N3O/c1-24(2)18-12-9-16(10-13-18)6-5-15-22-21(25)20-14-11-17-7-3-4-8-19(17)23-20/h3-4,7-14H,15H2,1-2H3,(H,22,25). The summed E-state index contributed by atoms with van der Waals surface area (Å²) in [6.45, 7) is 0.281. The summed E-state index contributed by atoms with van der Waals surface area (Å²) in [5.74, 6) is 5.79. The molecule has 3 rings (SSSR count). The highest BCUT2D eigenvalue weighted by Crippen LogP contribution is 2.12. The molecule has 2 aromatic carbocycles. The van der Waals surface area contributed by atoms with Crippen molar-refractivity contribution in [2.45, 2.75) is 0 Å². The summed E-state index contributed by atoms with van der Waals surface area (Å²) >= 11 is 0. The molecule has 124 valence electrons. The molecule has 1 aromatic heterocycles. The molecule has 3 aromatic rings. The number of nitrogens with zero attached hydrogens (tertiary/aromatic N) is 2. The van der Waals surface area contributed by atoms with Gasteiger partial charge in [-0.05, 0) is 36.4 Å². The van der Waals surface area contributed by atoms with Gasteiger partial charge in [0.25, 0.3) is 5.91 Å². The first-order valence-corrected chi connectivity index (χ1v) is 8.04. The molecule has 4 nitrogen and oxygen atoms in total. The third kappa shape index (κ3) is 4.15. The summed E-state index contributed by atoms with van der Waals surface area (Å²) < 4.78 is 0. The zero-order valence-electron chi connectivity index (χ0n) is 14.3. The van der Waals surface area contributed by atoms with Crippen LogP contribution in [0.5, 0.6) is 0 Å². The molecule has 1 amide bonds. The van der Waals surface area contributed by atoms with Crippen molar-refractivity contribution in [3.05, 3.63) is 71.9 Å². The summed E-state index contributed by atoms with van der Waals surface area (Å²) in [5, 5.41) is 3.79. The molecule has 0 saturated carbocycles. The van der Waals surface area contributed by atoms with Crippen molar-refractivity contribution in [1.29, 1.82) is 0 Å². The van der Waals surface area contributed by atoms with Crippen LogP contribution < -0.4 is 10.2 Å². The number of carbonyl (C=O) groups excluding carboxylic acids is 1. The number of rotatable bonds is 3. The van der Waals surface area contributed by atoms with Crippen molar-refractivity contribution in [1.82, 2.24) is 10.3 Å². The van der Waals surface area contributed by atoms with Crippen molar-refractivity contribution < 1.29 is 4.79 Å². The lowest BCUT2D eigenvalue weighted by Gasteiger charge is -2.11. The van der Waals surface area contributed by atoms with Gasteiger partial charge in [0.2, 0.25) is 0 Å². The molecule has 0 aliphatic heterocycles. The topological polar surface area (TPSA) is 45.2 Å². The maximum absolute atomic E-state index is 12.2. The highest BCUT2D eigenvalue weighted by Gasteiger charge is 2.06. The van der Waals surface area contributed by atoms with Gasteiger partial charge in [0.1, 0.15) is 5.69 Å². The Hall–Kier alpha value is -3.32. The van der Waals surface area contributed by atoms with Gasteiger partial charge in [-0.25, -0.2) is 4.98 Å². The Morgan fingerprint density at radius 3 is 2.56 bits per heavy atom. The molecule has 0 saturated heterocycles. The van der Waals surface area contributed by atoms with E-state index in [0.717, 1.165) is 22.2 Å². The SMILES string of the molecule is CN(C)c1ccc(C#CCNC(=O)c2ccc3ccccc3n2)cc1. The van der Waals surface area contributed by atoms with Gasteiger partial charge in [-0.3, -0.25) is 4.79 Å². The predicted molar refractivity (Wildman–Crippen MR) is 102 cm³/mol. The number of hydrogen-bond donors (Lipinski definition) is 1. The fourth-order valence-corrected chi connectivity index (χ4v) is 2.40. The van der Waals surface area contributed by atoms with Gasteiger partial charge < -0.3 is 10.2 Å². The Labute approximate surface area is 147 Å². The van der Waals surface area contributed by atoms with Crippen LogP contribution in [0.2, 0.25) is 0 Å². The highest BCUT2D eigenvalue weighted by molar-refractivity contribution is 5.94. The summed E-state index contributed by atoms with van der Waals surface area (Å²) in [6.07, 6.45) is 0. The second kappa shape index (κ2) is 7.50. The monoisotopic (exact) mass is 329 g/mol. The number of hydrogen-bond acceptors (Lipinski definition) is 3. The van der Waals surface area contributed by atoms with Crippen LogP contribution in [0.25, 0.3) is 10.9 Å². The van der Waals surface area contributed by atoms with Crippen LogP contribution in [0.15, 0.2) is 60.7 Å². The summed E-state index contributed by atoms with van der Waals surface area (Å²) in [5.41, 5.74) is 3.25. The van der Waals surface area contributed by atoms with Crippen molar-refractivity contribution in [3.8, 4) is 11.8 Å². The van der Waals surface area contributed by atoms with Gasteiger partial charge in [0.05, 0.1) is 12.1 Å². The predicted octanol–water partition coefficient (Wildman–Crippen LogP) is 3.08. The second-order valence-electron chi connectivity index (χ2n) is 5.81. The van der Waals surface area contributed by atoms with Crippen molar-refractivity contribution in [2.75, 3.05) is 25.5 Å². The molecule has 1 heterocycles. The molecule has 0 atom stereocenters. The van der Waals surface area contributed by atoms with Crippen molar-refractivity contribution in [3.63, 3.8) is 0 Å². The second-order valence-corrected chi connectivity index (χ2v) is 5.81. The Balaban J connectivity index is 1.60. The van der Waals surface area contributed by atoms with E-state index in [2.05, 4.69) is 22.1 Å². The molecule has 0 bridgehead atoms. The van der Waals surface area contributed by atoms with E-state index in [1.54, 1.807) is 6.07 Å². The molecule has 1 N–H and O–H groups in total. The van der Waals surface area contributed by atoms with Crippen LogP contribution in [0.1, 0.15) is 16.1 Å². The molecule has 0 aliphatic carbocycles. The maximum atomic E-state index is 12.2. The minimum absolute atomic E-state index is 0.219. The molecule has 0 aliphatic rings. The highest BCUT2D eigenvalue weighted by atomic mass is 16.1. The largest absolute Gasteiger partial charge is 0.378 e. The van der Waals surface area contributed by atoms with Crippen LogP contribution in [0.4, 0.5) is 5.69 Å². The van der Waals surface area contributed by atoms with Crippen molar-refractivity contribution >= 4 is 22.5 Å². The van der Waals surface area contributed by atoms with E-state index >= 15 is 0 Å². The Morgan fingerprint density at radius 1 is 1.04 bits per heavy atom. The third-order valence-electron chi connectivity index (χ3n) is 3.78. The minimum atomic E-state index is -0.219. The first kappa shape index (κ1) is 16.5. The van der Waals surface area contributed by atoms with E-state index in [9.17, 15) is 4.79 Å². The van der Waals surface area contributed by atoms with Gasteiger partial charge in [0.15, 0.2) is 0 Å². The van der Waals surface area contributed by atoms with E-state index < -0.39 is 0 Å². The number of amides is 1. The van der Waals surface area contributed by atoms with E-state index in [1.807, 2.05) is 73.6 Å². The smallest absolute Gasteiger partial charge is 0.270 e. The van der Waals surface area contributed by atoms with Crippen LogP contribution in [-0.2, 0) is 0 Å². The van der Waals surface area contributed by atoms with Crippen LogP contribution in [-0.4, -0.2) is 31.5 Å². The van der Waals surface area contributed by atoms with E-state index in [1.165, 1.54) is 0 Å². The molecule has 0 radical (unpaired) electrons. The third-order valence-corrected chi connectivity index (χ3v) is 3.78. The Morgan fingerprint density at radius 2 is 1.80 bits per heavy atom. The summed E-state index contributed by atoms with van der Waals surface area (Å²) in [7, 11) is 3.99. The van der Waals surface area contributed by atoms with Gasteiger partial charge in [-0.2, -0.15) is 0 Å². The average molecular weight is 329 g/mol. The van der Waals surface area contributed by atoms with Gasteiger partial charge in [-0.1, -0.05) is 36.1 Å². The zero-order valence-corrected chi connectivity index (χ0v) is 14.3. The van der Waals surface area contributed by atoms with Crippen LogP contribution in [0.3, 0.4) is 0 Å². The summed E-state index contributed by atoms with van der Waals surface area (Å²) in [6, 6.07) is 19.3. The lowest BCUT2D eigenvalue weighted by molar-refractivity contribution is 0.0954. The first-order chi connectivity index (χ1) is 12.1. The van der Waals surface area contributed by atoms with Crippen LogP contribution in [0, 0.1) is 11.8 Å². The molecular weight excluding hydrogens is 310 g/mol. The quantitative estimate of drug-likeness (QED) is 0.751. The number of fused-ring (bicyclic) bond motifs is 1. The normalized spacial score (nSPS) is 10.0. The minimum Gasteiger partial charge on any atom is -0.378 e. The molecule has 25 heavy (non-hydrogen) atoms. The molecular formula is C21H19N3O. The maximum Gasteiger partial charge on any atom is 0.270 e. The van der Waals surface area contributed by atoms with Gasteiger partial charge in [-0.15, -0.1) is 0 Å². The lowest BCUT2D eigenvalue weighted by Crippen LogP contribution is -2.24. The number of nitrogens with one attached hydrogen (secondary N) is 1.